The average Bonchev–Trinajstić information content (AvgIpc) is 2.44. The summed E-state index contributed by atoms with van der Waals surface area (Å²) in [6.07, 6.45) is -0.404. The topological polar surface area (TPSA) is 78.0 Å². The molecule has 0 saturated heterocycles. The number of carbonyl (C=O) groups excluding carboxylic acids is 1. The predicted octanol–water partition coefficient (Wildman–Crippen LogP) is 1.64. The monoisotopic (exact) mass is 443 g/mol. The smallest absolute Gasteiger partial charge is 0.407 e. The molecular formula is C15H34IN5O2. The minimum Gasteiger partial charge on any atom is -0.444 e. The van der Waals surface area contributed by atoms with E-state index in [4.69, 9.17) is 4.74 Å². The van der Waals surface area contributed by atoms with E-state index in [2.05, 4.69) is 39.7 Å². The first-order chi connectivity index (χ1) is 10.3. The fourth-order valence-corrected chi connectivity index (χ4v) is 1.75. The molecule has 0 heterocycles. The Bertz CT molecular complexity index is 341. The van der Waals surface area contributed by atoms with Gasteiger partial charge in [0.25, 0.3) is 0 Å². The molecule has 0 saturated carbocycles. The Kier molecular flexibility index (Phi) is 14.5. The Morgan fingerprint density at radius 3 is 2.04 bits per heavy atom. The van der Waals surface area contributed by atoms with Crippen molar-refractivity contribution >= 4 is 36.0 Å². The van der Waals surface area contributed by atoms with Gasteiger partial charge in [0.05, 0.1) is 0 Å². The van der Waals surface area contributed by atoms with Crippen molar-refractivity contribution in [2.75, 3.05) is 46.3 Å². The Morgan fingerprint density at radius 2 is 1.57 bits per heavy atom. The van der Waals surface area contributed by atoms with E-state index < -0.39 is 11.7 Å². The summed E-state index contributed by atoms with van der Waals surface area (Å²) in [5, 5.41) is 9.09. The number of aliphatic imine (C=N–C) groups is 1. The van der Waals surface area contributed by atoms with Gasteiger partial charge in [-0.3, -0.25) is 4.99 Å². The number of likely N-dealkylation sites (N-methyl/N-ethyl adjacent to an activating group) is 1. The van der Waals surface area contributed by atoms with Gasteiger partial charge in [0.1, 0.15) is 5.60 Å². The number of guanidine groups is 1. The van der Waals surface area contributed by atoms with Crippen LogP contribution in [0.15, 0.2) is 4.99 Å². The standard InChI is InChI=1S/C15H33N5O2.HI/c1-7-20(8-2)12-11-18-13(16-6)17-9-10-19-14(21)22-15(3,4)5;/h7-12H2,1-6H3,(H,19,21)(H2,16,17,18);1H. The van der Waals surface area contributed by atoms with Crippen molar-refractivity contribution in [1.82, 2.24) is 20.9 Å². The summed E-state index contributed by atoms with van der Waals surface area (Å²) in [5.74, 6) is 0.734. The molecule has 0 fully saturated rings. The van der Waals surface area contributed by atoms with Crippen LogP contribution in [-0.4, -0.2) is 68.9 Å². The Hall–Kier alpha value is -0.770. The fourth-order valence-electron chi connectivity index (χ4n) is 1.75. The number of amides is 1. The summed E-state index contributed by atoms with van der Waals surface area (Å²) in [5.41, 5.74) is -0.473. The van der Waals surface area contributed by atoms with Gasteiger partial charge in [-0.15, -0.1) is 24.0 Å². The maximum Gasteiger partial charge on any atom is 0.407 e. The summed E-state index contributed by atoms with van der Waals surface area (Å²) >= 11 is 0. The molecule has 0 spiro atoms. The SMILES string of the molecule is CCN(CC)CCNC(=NC)NCCNC(=O)OC(C)(C)C.I. The Balaban J connectivity index is 0. The zero-order valence-electron chi connectivity index (χ0n) is 15.4. The number of halogens is 1. The minimum absolute atomic E-state index is 0. The van der Waals surface area contributed by atoms with Crippen molar-refractivity contribution in [3.63, 3.8) is 0 Å². The lowest BCUT2D eigenvalue weighted by Crippen LogP contribution is -2.44. The highest BCUT2D eigenvalue weighted by atomic mass is 127. The van der Waals surface area contributed by atoms with Gasteiger partial charge in [-0.1, -0.05) is 13.8 Å². The quantitative estimate of drug-likeness (QED) is 0.230. The number of carbonyl (C=O) groups is 1. The lowest BCUT2D eigenvalue weighted by atomic mass is 10.2. The van der Waals surface area contributed by atoms with Gasteiger partial charge in [-0.05, 0) is 33.9 Å². The van der Waals surface area contributed by atoms with Crippen molar-refractivity contribution in [2.24, 2.45) is 4.99 Å². The third-order valence-electron chi connectivity index (χ3n) is 2.92. The van der Waals surface area contributed by atoms with E-state index >= 15 is 0 Å². The van der Waals surface area contributed by atoms with Crippen molar-refractivity contribution in [2.45, 2.75) is 40.2 Å². The Labute approximate surface area is 158 Å². The zero-order chi connectivity index (χ0) is 17.0. The molecule has 0 rings (SSSR count). The average molecular weight is 443 g/mol. The van der Waals surface area contributed by atoms with Crippen LogP contribution in [0, 0.1) is 0 Å². The summed E-state index contributed by atoms with van der Waals surface area (Å²) in [4.78, 5) is 18.0. The molecule has 7 nitrogen and oxygen atoms in total. The first-order valence-electron chi connectivity index (χ1n) is 7.96. The van der Waals surface area contributed by atoms with Gasteiger partial charge in [-0.2, -0.15) is 0 Å². The van der Waals surface area contributed by atoms with Gasteiger partial charge >= 0.3 is 6.09 Å². The largest absolute Gasteiger partial charge is 0.444 e. The molecule has 0 unspecified atom stereocenters. The highest BCUT2D eigenvalue weighted by molar-refractivity contribution is 14.0. The molecule has 0 atom stereocenters. The van der Waals surface area contributed by atoms with E-state index in [1.54, 1.807) is 7.05 Å². The molecule has 0 aliphatic heterocycles. The zero-order valence-corrected chi connectivity index (χ0v) is 17.7. The Morgan fingerprint density at radius 1 is 1.04 bits per heavy atom. The highest BCUT2D eigenvalue weighted by Crippen LogP contribution is 2.05. The molecule has 0 bridgehead atoms. The molecule has 23 heavy (non-hydrogen) atoms. The molecule has 1 amide bonds. The van der Waals surface area contributed by atoms with E-state index in [1.807, 2.05) is 20.8 Å². The van der Waals surface area contributed by atoms with Crippen LogP contribution in [0.1, 0.15) is 34.6 Å². The van der Waals surface area contributed by atoms with Gasteiger partial charge in [0.15, 0.2) is 5.96 Å². The van der Waals surface area contributed by atoms with Gasteiger partial charge < -0.3 is 25.6 Å². The number of hydrogen-bond donors (Lipinski definition) is 3. The highest BCUT2D eigenvalue weighted by Gasteiger charge is 2.15. The maximum absolute atomic E-state index is 11.5. The molecular weight excluding hydrogens is 409 g/mol. The van der Waals surface area contributed by atoms with Gasteiger partial charge in [0, 0.05) is 33.2 Å². The minimum atomic E-state index is -0.473. The van der Waals surface area contributed by atoms with Crippen LogP contribution >= 0.6 is 24.0 Å². The number of hydrogen-bond acceptors (Lipinski definition) is 4. The van der Waals surface area contributed by atoms with E-state index in [-0.39, 0.29) is 24.0 Å². The predicted molar refractivity (Wildman–Crippen MR) is 107 cm³/mol. The molecule has 0 aromatic carbocycles. The first kappa shape index (κ1) is 24.5. The van der Waals surface area contributed by atoms with Crippen LogP contribution in [0.4, 0.5) is 4.79 Å². The maximum atomic E-state index is 11.5. The normalized spacial score (nSPS) is 11.7. The molecule has 0 aliphatic rings. The van der Waals surface area contributed by atoms with Crippen LogP contribution in [0.25, 0.3) is 0 Å². The molecule has 0 radical (unpaired) electrons. The summed E-state index contributed by atoms with van der Waals surface area (Å²) in [7, 11) is 1.73. The number of alkyl carbamates (subject to hydrolysis) is 1. The third kappa shape index (κ3) is 14.5. The van der Waals surface area contributed by atoms with Crippen LogP contribution in [0.5, 0.6) is 0 Å². The molecule has 8 heteroatoms. The summed E-state index contributed by atoms with van der Waals surface area (Å²) < 4.78 is 5.16. The number of rotatable bonds is 8. The second-order valence-electron chi connectivity index (χ2n) is 5.88. The molecule has 0 aliphatic carbocycles. The van der Waals surface area contributed by atoms with E-state index in [0.717, 1.165) is 32.1 Å². The fraction of sp³-hybridized carbons (Fsp3) is 0.867. The first-order valence-corrected chi connectivity index (χ1v) is 7.96. The van der Waals surface area contributed by atoms with Crippen molar-refractivity contribution in [3.05, 3.63) is 0 Å². The van der Waals surface area contributed by atoms with Crippen molar-refractivity contribution < 1.29 is 9.53 Å². The molecule has 3 N–H and O–H groups in total. The van der Waals surface area contributed by atoms with Gasteiger partial charge in [-0.25, -0.2) is 4.79 Å². The van der Waals surface area contributed by atoms with Gasteiger partial charge in [0.2, 0.25) is 0 Å². The second kappa shape index (κ2) is 13.6. The summed E-state index contributed by atoms with van der Waals surface area (Å²) in [6.45, 7) is 14.8. The van der Waals surface area contributed by atoms with E-state index in [0.29, 0.717) is 13.1 Å². The third-order valence-corrected chi connectivity index (χ3v) is 2.92. The molecule has 138 valence electrons. The van der Waals surface area contributed by atoms with Crippen LogP contribution < -0.4 is 16.0 Å². The lowest BCUT2D eigenvalue weighted by Gasteiger charge is -2.20. The van der Waals surface area contributed by atoms with Crippen LogP contribution in [0.2, 0.25) is 0 Å². The number of ether oxygens (including phenoxy) is 1. The van der Waals surface area contributed by atoms with Crippen LogP contribution in [-0.2, 0) is 4.74 Å². The van der Waals surface area contributed by atoms with Crippen molar-refractivity contribution in [1.29, 1.82) is 0 Å². The number of nitrogens with zero attached hydrogens (tertiary/aromatic N) is 2. The lowest BCUT2D eigenvalue weighted by molar-refractivity contribution is 0.0529. The summed E-state index contributed by atoms with van der Waals surface area (Å²) in [6, 6.07) is 0. The second-order valence-corrected chi connectivity index (χ2v) is 5.88. The van der Waals surface area contributed by atoms with E-state index in [1.165, 1.54) is 0 Å². The number of nitrogens with one attached hydrogen (secondary N) is 3. The van der Waals surface area contributed by atoms with E-state index in [9.17, 15) is 4.79 Å². The van der Waals surface area contributed by atoms with Crippen LogP contribution in [0.3, 0.4) is 0 Å². The molecule has 0 aromatic heterocycles. The van der Waals surface area contributed by atoms with Crippen molar-refractivity contribution in [3.8, 4) is 0 Å². The molecule has 0 aromatic rings.